The van der Waals surface area contributed by atoms with Crippen molar-refractivity contribution in [1.82, 2.24) is 5.32 Å². The van der Waals surface area contributed by atoms with Crippen molar-refractivity contribution in [2.75, 3.05) is 6.54 Å². The number of nitrogens with one attached hydrogen (secondary N) is 1. The van der Waals surface area contributed by atoms with Crippen LogP contribution in [-0.2, 0) is 11.3 Å². The molecule has 2 unspecified atom stereocenters. The van der Waals surface area contributed by atoms with E-state index in [0.29, 0.717) is 5.56 Å². The minimum Gasteiger partial charge on any atom is -0.507 e. The standard InChI is InChI=1S/C19H20N2O5/c20-11-15-10-14(6-7-16(15)22)18(24)17(23)8-9-21-19(25)26-12-13-4-2-1-3-5-13/h1-7,10,17-18,22-24H,8-9,12H2,(H,21,25). The van der Waals surface area contributed by atoms with E-state index in [9.17, 15) is 20.1 Å². The Morgan fingerprint density at radius 1 is 1.19 bits per heavy atom. The molecule has 0 aliphatic carbocycles. The van der Waals surface area contributed by atoms with Crippen molar-refractivity contribution in [2.45, 2.75) is 25.2 Å². The van der Waals surface area contributed by atoms with Crippen LogP contribution in [0.4, 0.5) is 4.79 Å². The Hall–Kier alpha value is -3.08. The molecule has 2 atom stereocenters. The van der Waals surface area contributed by atoms with Crippen molar-refractivity contribution in [3.63, 3.8) is 0 Å². The molecule has 0 aromatic heterocycles. The number of benzene rings is 2. The third kappa shape index (κ3) is 5.48. The largest absolute Gasteiger partial charge is 0.507 e. The van der Waals surface area contributed by atoms with Crippen molar-refractivity contribution in [2.24, 2.45) is 0 Å². The van der Waals surface area contributed by atoms with Gasteiger partial charge in [0.2, 0.25) is 0 Å². The van der Waals surface area contributed by atoms with E-state index < -0.39 is 18.3 Å². The Morgan fingerprint density at radius 3 is 2.62 bits per heavy atom. The molecule has 4 N–H and O–H groups in total. The lowest BCUT2D eigenvalue weighted by atomic mass is 10.00. The number of aromatic hydroxyl groups is 1. The monoisotopic (exact) mass is 356 g/mol. The van der Waals surface area contributed by atoms with Crippen LogP contribution in [0.5, 0.6) is 5.75 Å². The average molecular weight is 356 g/mol. The number of nitriles is 1. The molecule has 0 aliphatic rings. The lowest BCUT2D eigenvalue weighted by Crippen LogP contribution is -2.29. The summed E-state index contributed by atoms with van der Waals surface area (Å²) in [6.07, 6.45) is -2.93. The highest BCUT2D eigenvalue weighted by atomic mass is 16.5. The summed E-state index contributed by atoms with van der Waals surface area (Å²) in [6, 6.07) is 15.0. The second-order valence-electron chi connectivity index (χ2n) is 5.68. The normalized spacial score (nSPS) is 12.7. The molecule has 2 aromatic rings. The predicted molar refractivity (Wildman–Crippen MR) is 93.0 cm³/mol. The number of hydrogen-bond donors (Lipinski definition) is 4. The zero-order chi connectivity index (χ0) is 18.9. The van der Waals surface area contributed by atoms with Gasteiger partial charge in [-0.2, -0.15) is 5.26 Å². The number of ether oxygens (including phenoxy) is 1. The number of carbonyl (C=O) groups is 1. The first kappa shape index (κ1) is 19.2. The summed E-state index contributed by atoms with van der Waals surface area (Å²) in [6.45, 7) is 0.247. The molecule has 7 heteroatoms. The molecule has 1 amide bonds. The Morgan fingerprint density at radius 2 is 1.92 bits per heavy atom. The van der Waals surface area contributed by atoms with E-state index in [2.05, 4.69) is 5.32 Å². The Balaban J connectivity index is 1.76. The third-order valence-electron chi connectivity index (χ3n) is 3.77. The zero-order valence-corrected chi connectivity index (χ0v) is 14.0. The van der Waals surface area contributed by atoms with Gasteiger partial charge in [0.25, 0.3) is 0 Å². The van der Waals surface area contributed by atoms with Crippen LogP contribution in [0.25, 0.3) is 0 Å². The van der Waals surface area contributed by atoms with Gasteiger partial charge in [0.1, 0.15) is 24.5 Å². The summed E-state index contributed by atoms with van der Waals surface area (Å²) < 4.78 is 5.04. The molecule has 2 rings (SSSR count). The number of carbonyl (C=O) groups excluding carboxylic acids is 1. The molecule has 0 saturated heterocycles. The number of hydrogen-bond acceptors (Lipinski definition) is 6. The third-order valence-corrected chi connectivity index (χ3v) is 3.77. The predicted octanol–water partition coefficient (Wildman–Crippen LogP) is 1.97. The average Bonchev–Trinajstić information content (AvgIpc) is 2.67. The number of phenolic OH excluding ortho intramolecular Hbond substituents is 1. The molecule has 0 radical (unpaired) electrons. The minimum absolute atomic E-state index is 0.0105. The first-order valence-corrected chi connectivity index (χ1v) is 8.05. The van der Waals surface area contributed by atoms with Crippen molar-refractivity contribution in [3.05, 3.63) is 65.2 Å². The van der Waals surface area contributed by atoms with Crippen LogP contribution in [0.3, 0.4) is 0 Å². The fraction of sp³-hybridized carbons (Fsp3) is 0.263. The molecule has 136 valence electrons. The number of phenols is 1. The molecular formula is C19H20N2O5. The zero-order valence-electron chi connectivity index (χ0n) is 14.0. The van der Waals surface area contributed by atoms with Gasteiger partial charge < -0.3 is 25.4 Å². The highest BCUT2D eigenvalue weighted by Gasteiger charge is 2.19. The minimum atomic E-state index is -1.25. The number of amides is 1. The van der Waals surface area contributed by atoms with E-state index in [4.69, 9.17) is 10.00 Å². The van der Waals surface area contributed by atoms with Gasteiger partial charge in [-0.3, -0.25) is 0 Å². The second kappa shape index (κ2) is 9.42. The van der Waals surface area contributed by atoms with Crippen LogP contribution in [0.15, 0.2) is 48.5 Å². The molecule has 7 nitrogen and oxygen atoms in total. The molecule has 2 aromatic carbocycles. The molecular weight excluding hydrogens is 336 g/mol. The van der Waals surface area contributed by atoms with Gasteiger partial charge in [0, 0.05) is 6.54 Å². The quantitative estimate of drug-likeness (QED) is 0.601. The number of nitrogens with zero attached hydrogens (tertiary/aromatic N) is 1. The number of rotatable bonds is 7. The number of aliphatic hydroxyl groups is 2. The summed E-state index contributed by atoms with van der Waals surface area (Å²) >= 11 is 0. The number of aliphatic hydroxyl groups excluding tert-OH is 2. The Bertz CT molecular complexity index is 773. The smallest absolute Gasteiger partial charge is 0.407 e. The van der Waals surface area contributed by atoms with Crippen LogP contribution >= 0.6 is 0 Å². The molecule has 0 fully saturated rings. The van der Waals surface area contributed by atoms with Crippen LogP contribution in [-0.4, -0.2) is 34.1 Å². The summed E-state index contributed by atoms with van der Waals surface area (Å²) in [5, 5.41) is 41.0. The fourth-order valence-corrected chi connectivity index (χ4v) is 2.30. The molecule has 26 heavy (non-hydrogen) atoms. The van der Waals surface area contributed by atoms with Crippen molar-refractivity contribution < 1.29 is 24.9 Å². The van der Waals surface area contributed by atoms with E-state index in [0.717, 1.165) is 5.56 Å². The van der Waals surface area contributed by atoms with E-state index in [1.165, 1.54) is 18.2 Å². The maximum absolute atomic E-state index is 11.6. The summed E-state index contributed by atoms with van der Waals surface area (Å²) in [5.41, 5.74) is 1.17. The molecule has 0 bridgehead atoms. The van der Waals surface area contributed by atoms with Gasteiger partial charge in [0.15, 0.2) is 0 Å². The SMILES string of the molecule is N#Cc1cc(C(O)C(O)CCNC(=O)OCc2ccccc2)ccc1O. The highest BCUT2D eigenvalue weighted by molar-refractivity contribution is 5.67. The van der Waals surface area contributed by atoms with Gasteiger partial charge in [-0.15, -0.1) is 0 Å². The van der Waals surface area contributed by atoms with E-state index in [-0.39, 0.29) is 30.9 Å². The first-order valence-electron chi connectivity index (χ1n) is 8.05. The van der Waals surface area contributed by atoms with Crippen LogP contribution in [0.2, 0.25) is 0 Å². The summed E-state index contributed by atoms with van der Waals surface area (Å²) in [4.78, 5) is 11.6. The van der Waals surface area contributed by atoms with E-state index in [1.54, 1.807) is 6.07 Å². The van der Waals surface area contributed by atoms with Crippen molar-refractivity contribution in [3.8, 4) is 11.8 Å². The molecule has 0 spiro atoms. The molecule has 0 heterocycles. The highest BCUT2D eigenvalue weighted by Crippen LogP contribution is 2.24. The second-order valence-corrected chi connectivity index (χ2v) is 5.68. The first-order chi connectivity index (χ1) is 12.5. The Labute approximate surface area is 151 Å². The van der Waals surface area contributed by atoms with Gasteiger partial charge in [-0.05, 0) is 29.7 Å². The molecule has 0 aliphatic heterocycles. The maximum Gasteiger partial charge on any atom is 0.407 e. The van der Waals surface area contributed by atoms with Crippen LogP contribution in [0.1, 0.15) is 29.2 Å². The van der Waals surface area contributed by atoms with Gasteiger partial charge >= 0.3 is 6.09 Å². The Kier molecular flexibility index (Phi) is 6.97. The van der Waals surface area contributed by atoms with Crippen LogP contribution in [0, 0.1) is 11.3 Å². The van der Waals surface area contributed by atoms with Crippen molar-refractivity contribution >= 4 is 6.09 Å². The number of alkyl carbamates (subject to hydrolysis) is 1. The summed E-state index contributed by atoms with van der Waals surface area (Å²) in [7, 11) is 0. The van der Waals surface area contributed by atoms with E-state index >= 15 is 0 Å². The lowest BCUT2D eigenvalue weighted by molar-refractivity contribution is 0.0136. The van der Waals surface area contributed by atoms with E-state index in [1.807, 2.05) is 30.3 Å². The van der Waals surface area contributed by atoms with Crippen molar-refractivity contribution in [1.29, 1.82) is 5.26 Å². The maximum atomic E-state index is 11.6. The fourth-order valence-electron chi connectivity index (χ4n) is 2.30. The van der Waals surface area contributed by atoms with Gasteiger partial charge in [-0.25, -0.2) is 4.79 Å². The van der Waals surface area contributed by atoms with Gasteiger partial charge in [0.05, 0.1) is 11.7 Å². The molecule has 0 saturated carbocycles. The van der Waals surface area contributed by atoms with Crippen LogP contribution < -0.4 is 5.32 Å². The topological polar surface area (TPSA) is 123 Å². The summed E-state index contributed by atoms with van der Waals surface area (Å²) in [5.74, 6) is -0.194. The van der Waals surface area contributed by atoms with Gasteiger partial charge in [-0.1, -0.05) is 36.4 Å². The lowest BCUT2D eigenvalue weighted by Gasteiger charge is -2.18.